The zero-order chi connectivity index (χ0) is 23.3. The van der Waals surface area contributed by atoms with Crippen LogP contribution in [0.25, 0.3) is 27.6 Å². The Morgan fingerprint density at radius 3 is 2.64 bits per heavy atom. The van der Waals surface area contributed by atoms with Crippen LogP contribution in [0.15, 0.2) is 12.5 Å². The summed E-state index contributed by atoms with van der Waals surface area (Å²) in [6, 6.07) is 0. The molecule has 5 heterocycles. The highest BCUT2D eigenvalue weighted by atomic mass is 32.1. The van der Waals surface area contributed by atoms with Crippen LogP contribution in [0.5, 0.6) is 0 Å². The fraction of sp³-hybridized carbons (Fsp3) is 0.455. The maximum Gasteiger partial charge on any atom is 0.393 e. The summed E-state index contributed by atoms with van der Waals surface area (Å²) in [5, 5.41) is 15.3. The zero-order valence-electron chi connectivity index (χ0n) is 18.5. The molecule has 0 unspecified atom stereocenters. The molecule has 4 aromatic heterocycles. The fourth-order valence-corrected chi connectivity index (χ4v) is 5.81. The summed E-state index contributed by atoms with van der Waals surface area (Å²) in [7, 11) is 0. The topological polar surface area (TPSA) is 83.8 Å². The minimum atomic E-state index is -4.39. The van der Waals surface area contributed by atoms with Gasteiger partial charge in [-0.25, -0.2) is 14.5 Å². The lowest BCUT2D eigenvalue weighted by molar-refractivity contribution is -0.127. The largest absolute Gasteiger partial charge is 0.393 e. The number of piperidine rings is 1. The number of aryl methyl sites for hydroxylation is 2. The Hall–Kier alpha value is -2.79. The van der Waals surface area contributed by atoms with E-state index in [0.29, 0.717) is 27.8 Å². The highest BCUT2D eigenvalue weighted by molar-refractivity contribution is 7.15. The molecule has 7 nitrogen and oxygen atoms in total. The van der Waals surface area contributed by atoms with Crippen LogP contribution in [0.3, 0.4) is 0 Å². The molecule has 33 heavy (non-hydrogen) atoms. The molecular weight excluding hydrogens is 451 g/mol. The number of nitrogens with one attached hydrogen (secondary N) is 2. The summed E-state index contributed by atoms with van der Waals surface area (Å²) < 4.78 is 42.6. The molecule has 11 heteroatoms. The summed E-state index contributed by atoms with van der Waals surface area (Å²) in [4.78, 5) is 10.1. The van der Waals surface area contributed by atoms with Crippen molar-refractivity contribution < 1.29 is 13.2 Å². The molecule has 0 radical (unpaired) electrons. The first-order chi connectivity index (χ1) is 15.7. The van der Waals surface area contributed by atoms with Gasteiger partial charge < -0.3 is 5.32 Å². The first-order valence-corrected chi connectivity index (χ1v) is 11.7. The molecule has 1 saturated heterocycles. The molecule has 5 rings (SSSR count). The number of pyridine rings is 1. The number of aromatic nitrogens is 6. The Labute approximate surface area is 192 Å². The summed E-state index contributed by atoms with van der Waals surface area (Å²) in [6.45, 7) is 7.57. The van der Waals surface area contributed by atoms with Gasteiger partial charge in [0, 0.05) is 22.2 Å². The number of fused-ring (bicyclic) bond motifs is 1. The van der Waals surface area contributed by atoms with Crippen LogP contribution >= 0.6 is 11.3 Å². The van der Waals surface area contributed by atoms with E-state index in [2.05, 4.69) is 30.6 Å². The van der Waals surface area contributed by atoms with Crippen molar-refractivity contribution >= 4 is 17.0 Å². The number of hydrogen-bond acceptors (Lipinski definition) is 6. The molecule has 0 aliphatic carbocycles. The number of nitrogens with zero attached hydrogens (tertiary/aromatic N) is 5. The summed E-state index contributed by atoms with van der Waals surface area (Å²) >= 11 is 1.47. The molecule has 174 valence electrons. The van der Waals surface area contributed by atoms with E-state index in [1.54, 1.807) is 10.7 Å². The van der Waals surface area contributed by atoms with Crippen molar-refractivity contribution in [3.63, 3.8) is 0 Å². The first-order valence-electron chi connectivity index (χ1n) is 10.8. The van der Waals surface area contributed by atoms with Crippen molar-refractivity contribution in [2.24, 2.45) is 0 Å². The molecule has 0 bridgehead atoms. The third-order valence-corrected chi connectivity index (χ3v) is 7.72. The number of hydrogen-bond donors (Lipinski definition) is 2. The Morgan fingerprint density at radius 1 is 1.15 bits per heavy atom. The molecule has 0 atom stereocenters. The van der Waals surface area contributed by atoms with Gasteiger partial charge in [-0.05, 0) is 63.7 Å². The van der Waals surface area contributed by atoms with Gasteiger partial charge >= 0.3 is 6.18 Å². The molecule has 0 amide bonds. The monoisotopic (exact) mass is 475 g/mol. The van der Waals surface area contributed by atoms with Gasteiger partial charge in [-0.15, -0.1) is 11.3 Å². The van der Waals surface area contributed by atoms with Crippen LogP contribution in [0.2, 0.25) is 0 Å². The third-order valence-electron chi connectivity index (χ3n) is 6.38. The number of aromatic amines is 1. The van der Waals surface area contributed by atoms with Gasteiger partial charge in [0.1, 0.15) is 11.3 Å². The SMILES string of the molecule is Cc1nc(-c2[nH]nc(-c3cn4ncnc4c(C)c3C)c2CC(F)(F)F)sc1C1CCNCC1. The van der Waals surface area contributed by atoms with Crippen molar-refractivity contribution in [2.75, 3.05) is 13.1 Å². The number of thiazole rings is 1. The van der Waals surface area contributed by atoms with Crippen LogP contribution in [0.1, 0.15) is 46.0 Å². The molecule has 0 spiro atoms. The fourth-order valence-electron chi connectivity index (χ4n) is 4.56. The Balaban J connectivity index is 1.64. The van der Waals surface area contributed by atoms with Crippen molar-refractivity contribution in [3.05, 3.63) is 39.8 Å². The lowest BCUT2D eigenvalue weighted by Gasteiger charge is -2.21. The predicted molar refractivity (Wildman–Crippen MR) is 120 cm³/mol. The van der Waals surface area contributed by atoms with Gasteiger partial charge in [-0.3, -0.25) is 5.10 Å². The first kappa shape index (κ1) is 22.0. The second kappa shape index (κ2) is 8.21. The minimum Gasteiger partial charge on any atom is -0.317 e. The zero-order valence-corrected chi connectivity index (χ0v) is 19.4. The van der Waals surface area contributed by atoms with E-state index in [1.165, 1.54) is 17.7 Å². The number of rotatable bonds is 4. The average Bonchev–Trinajstić information content (AvgIpc) is 3.49. The molecule has 0 aromatic carbocycles. The van der Waals surface area contributed by atoms with Crippen molar-refractivity contribution in [1.82, 2.24) is 35.1 Å². The van der Waals surface area contributed by atoms with Gasteiger partial charge in [0.15, 0.2) is 5.65 Å². The van der Waals surface area contributed by atoms with E-state index < -0.39 is 12.6 Å². The second-order valence-corrected chi connectivity index (χ2v) is 9.56. The van der Waals surface area contributed by atoms with E-state index >= 15 is 0 Å². The standard InChI is InChI=1S/C22H24F3N7S/c1-11-12(2)20-27-10-28-32(20)9-16(11)17-15(8-22(23,24)25)18(31-30-17)21-29-13(3)19(33-21)14-4-6-26-7-5-14/h9-10,14,26H,4-8H2,1-3H3,(H,30,31). The summed E-state index contributed by atoms with van der Waals surface area (Å²) in [5.74, 6) is 0.380. The average molecular weight is 476 g/mol. The lowest BCUT2D eigenvalue weighted by Crippen LogP contribution is -2.26. The highest BCUT2D eigenvalue weighted by Crippen LogP contribution is 2.41. The molecule has 2 N–H and O–H groups in total. The van der Waals surface area contributed by atoms with Crippen LogP contribution in [0.4, 0.5) is 13.2 Å². The Kier molecular flexibility index (Phi) is 5.48. The molecular formula is C22H24F3N7S. The van der Waals surface area contributed by atoms with Gasteiger partial charge in [0.25, 0.3) is 0 Å². The van der Waals surface area contributed by atoms with Crippen molar-refractivity contribution in [2.45, 2.75) is 52.1 Å². The predicted octanol–water partition coefficient (Wildman–Crippen LogP) is 4.74. The molecule has 1 aliphatic heterocycles. The third kappa shape index (κ3) is 4.04. The quantitative estimate of drug-likeness (QED) is 0.446. The number of alkyl halides is 3. The Bertz CT molecular complexity index is 1310. The number of H-pyrrole nitrogens is 1. The maximum atomic E-state index is 13.7. The maximum absolute atomic E-state index is 13.7. The molecule has 1 aliphatic rings. The lowest BCUT2D eigenvalue weighted by atomic mass is 9.96. The van der Waals surface area contributed by atoms with Crippen LogP contribution in [-0.4, -0.2) is 49.0 Å². The number of halogens is 3. The smallest absolute Gasteiger partial charge is 0.317 e. The summed E-state index contributed by atoms with van der Waals surface area (Å²) in [5.41, 5.74) is 4.55. The van der Waals surface area contributed by atoms with E-state index in [0.717, 1.165) is 47.6 Å². The van der Waals surface area contributed by atoms with Crippen molar-refractivity contribution in [3.8, 4) is 22.0 Å². The van der Waals surface area contributed by atoms with E-state index in [1.807, 2.05) is 20.8 Å². The van der Waals surface area contributed by atoms with Crippen molar-refractivity contribution in [1.29, 1.82) is 0 Å². The van der Waals surface area contributed by atoms with Crippen LogP contribution in [-0.2, 0) is 6.42 Å². The van der Waals surface area contributed by atoms with Gasteiger partial charge in [-0.1, -0.05) is 0 Å². The van der Waals surface area contributed by atoms with Crippen LogP contribution < -0.4 is 5.32 Å². The Morgan fingerprint density at radius 2 is 1.91 bits per heavy atom. The van der Waals surface area contributed by atoms with Gasteiger partial charge in [-0.2, -0.15) is 23.4 Å². The molecule has 1 fully saturated rings. The van der Waals surface area contributed by atoms with E-state index in [-0.39, 0.29) is 11.3 Å². The molecule has 0 saturated carbocycles. The van der Waals surface area contributed by atoms with E-state index in [4.69, 9.17) is 0 Å². The summed E-state index contributed by atoms with van der Waals surface area (Å²) in [6.07, 6.45) is -0.358. The normalized spacial score (nSPS) is 15.6. The van der Waals surface area contributed by atoms with Gasteiger partial charge in [0.2, 0.25) is 0 Å². The van der Waals surface area contributed by atoms with Gasteiger partial charge in [0.05, 0.1) is 23.5 Å². The second-order valence-electron chi connectivity index (χ2n) is 8.53. The van der Waals surface area contributed by atoms with E-state index in [9.17, 15) is 13.2 Å². The highest BCUT2D eigenvalue weighted by Gasteiger charge is 2.34. The minimum absolute atomic E-state index is 0.107. The van der Waals surface area contributed by atoms with Crippen LogP contribution in [0, 0.1) is 20.8 Å². The molecule has 4 aromatic rings.